The number of amides is 1. The molecule has 29 heavy (non-hydrogen) atoms. The van der Waals surface area contributed by atoms with Crippen LogP contribution in [0.1, 0.15) is 25.0 Å². The maximum absolute atomic E-state index is 12.5. The van der Waals surface area contributed by atoms with Gasteiger partial charge in [-0.1, -0.05) is 47.7 Å². The van der Waals surface area contributed by atoms with Gasteiger partial charge < -0.3 is 9.47 Å². The molecule has 2 aromatic carbocycles. The van der Waals surface area contributed by atoms with Gasteiger partial charge in [-0.15, -0.1) is 0 Å². The zero-order valence-corrected chi connectivity index (χ0v) is 19.9. The van der Waals surface area contributed by atoms with Gasteiger partial charge in [0.15, 0.2) is 11.5 Å². The molecular formula is C21H19BrClNO3S2. The highest BCUT2D eigenvalue weighted by molar-refractivity contribution is 9.10. The number of likely N-dealkylation sites (N-methyl/N-ethyl adjacent to an activating group) is 1. The van der Waals surface area contributed by atoms with Gasteiger partial charge in [0.05, 0.1) is 16.0 Å². The van der Waals surface area contributed by atoms with Crippen LogP contribution in [0.15, 0.2) is 45.8 Å². The topological polar surface area (TPSA) is 38.8 Å². The summed E-state index contributed by atoms with van der Waals surface area (Å²) in [5.41, 5.74) is 1.83. The smallest absolute Gasteiger partial charge is 0.266 e. The first-order chi connectivity index (χ1) is 13.9. The molecule has 0 N–H and O–H groups in total. The van der Waals surface area contributed by atoms with E-state index in [2.05, 4.69) is 15.9 Å². The van der Waals surface area contributed by atoms with Gasteiger partial charge in [-0.3, -0.25) is 9.69 Å². The van der Waals surface area contributed by atoms with E-state index in [9.17, 15) is 4.79 Å². The van der Waals surface area contributed by atoms with E-state index in [0.29, 0.717) is 45.5 Å². The molecule has 2 aromatic rings. The Morgan fingerprint density at radius 2 is 1.93 bits per heavy atom. The first kappa shape index (κ1) is 22.2. The fourth-order valence-corrected chi connectivity index (χ4v) is 4.82. The van der Waals surface area contributed by atoms with Crippen molar-refractivity contribution in [2.24, 2.45) is 0 Å². The number of benzene rings is 2. The number of rotatable bonds is 7. The van der Waals surface area contributed by atoms with E-state index in [1.165, 1.54) is 11.8 Å². The maximum atomic E-state index is 12.5. The minimum atomic E-state index is -0.0698. The first-order valence-corrected chi connectivity index (χ1v) is 11.4. The average molecular weight is 513 g/mol. The number of halogens is 2. The van der Waals surface area contributed by atoms with Crippen molar-refractivity contribution < 1.29 is 14.3 Å². The lowest BCUT2D eigenvalue weighted by molar-refractivity contribution is -0.121. The summed E-state index contributed by atoms with van der Waals surface area (Å²) in [5.74, 6) is 1.15. The second-order valence-corrected chi connectivity index (χ2v) is 9.07. The van der Waals surface area contributed by atoms with Crippen molar-refractivity contribution in [1.29, 1.82) is 0 Å². The molecule has 0 unspecified atom stereocenters. The first-order valence-electron chi connectivity index (χ1n) is 9.01. The fourth-order valence-electron chi connectivity index (χ4n) is 2.73. The Kier molecular flexibility index (Phi) is 7.62. The molecule has 0 aliphatic carbocycles. The largest absolute Gasteiger partial charge is 0.490 e. The average Bonchev–Trinajstić information content (AvgIpc) is 2.95. The Morgan fingerprint density at radius 3 is 2.55 bits per heavy atom. The molecule has 0 radical (unpaired) electrons. The molecule has 3 rings (SSSR count). The third-order valence-electron chi connectivity index (χ3n) is 4.12. The van der Waals surface area contributed by atoms with E-state index in [1.54, 1.807) is 4.90 Å². The Labute approximate surface area is 193 Å². The Hall–Kier alpha value is -1.54. The van der Waals surface area contributed by atoms with Crippen molar-refractivity contribution >= 4 is 67.8 Å². The molecule has 8 heteroatoms. The summed E-state index contributed by atoms with van der Waals surface area (Å²) in [6.45, 7) is 5.25. The van der Waals surface area contributed by atoms with Gasteiger partial charge in [-0.25, -0.2) is 0 Å². The number of carbonyl (C=O) groups excluding carboxylic acids is 1. The van der Waals surface area contributed by atoms with E-state index in [-0.39, 0.29) is 5.91 Å². The quantitative estimate of drug-likeness (QED) is 0.321. The summed E-state index contributed by atoms with van der Waals surface area (Å²) < 4.78 is 13.1. The molecule has 1 fully saturated rings. The molecule has 4 nitrogen and oxygen atoms in total. The third-order valence-corrected chi connectivity index (χ3v) is 6.33. The highest BCUT2D eigenvalue weighted by Crippen LogP contribution is 2.39. The standard InChI is InChI=1S/C21H19BrClNO3S2/c1-3-24-20(25)18(29-21(24)28)11-14-9-16(22)19(17(10-14)26-4-2)27-12-13-5-7-15(23)8-6-13/h5-11H,3-4,12H2,1-2H3/b18-11-. The van der Waals surface area contributed by atoms with Crippen molar-refractivity contribution in [3.63, 3.8) is 0 Å². The van der Waals surface area contributed by atoms with Crippen LogP contribution in [-0.4, -0.2) is 28.3 Å². The predicted molar refractivity (Wildman–Crippen MR) is 127 cm³/mol. The van der Waals surface area contributed by atoms with Gasteiger partial charge >= 0.3 is 0 Å². The van der Waals surface area contributed by atoms with E-state index in [0.717, 1.165) is 15.6 Å². The molecule has 1 aliphatic heterocycles. The molecule has 1 heterocycles. The normalized spacial score (nSPS) is 15.3. The Bertz CT molecular complexity index is 963. The number of nitrogens with zero attached hydrogens (tertiary/aromatic N) is 1. The van der Waals surface area contributed by atoms with Crippen molar-refractivity contribution in [3.05, 3.63) is 61.9 Å². The third kappa shape index (κ3) is 5.34. The van der Waals surface area contributed by atoms with Crippen molar-refractivity contribution in [1.82, 2.24) is 4.90 Å². The second kappa shape index (κ2) is 9.98. The minimum Gasteiger partial charge on any atom is -0.490 e. The van der Waals surface area contributed by atoms with Crippen LogP contribution in [0.2, 0.25) is 5.02 Å². The van der Waals surface area contributed by atoms with E-state index in [4.69, 9.17) is 33.3 Å². The predicted octanol–water partition coefficient (Wildman–Crippen LogP) is 6.30. The van der Waals surface area contributed by atoms with Gasteiger partial charge in [0, 0.05) is 11.6 Å². The van der Waals surface area contributed by atoms with Crippen LogP contribution in [0.5, 0.6) is 11.5 Å². The lowest BCUT2D eigenvalue weighted by atomic mass is 10.1. The van der Waals surface area contributed by atoms with Crippen LogP contribution in [0.25, 0.3) is 6.08 Å². The Balaban J connectivity index is 1.86. The molecule has 0 bridgehead atoms. The van der Waals surface area contributed by atoms with Crippen LogP contribution in [-0.2, 0) is 11.4 Å². The fraction of sp³-hybridized carbons (Fsp3) is 0.238. The maximum Gasteiger partial charge on any atom is 0.266 e. The van der Waals surface area contributed by atoms with Gasteiger partial charge in [0.2, 0.25) is 0 Å². The number of ether oxygens (including phenoxy) is 2. The van der Waals surface area contributed by atoms with Crippen LogP contribution in [0, 0.1) is 0 Å². The highest BCUT2D eigenvalue weighted by Gasteiger charge is 2.30. The van der Waals surface area contributed by atoms with E-state index < -0.39 is 0 Å². The van der Waals surface area contributed by atoms with Crippen molar-refractivity contribution in [2.75, 3.05) is 13.2 Å². The second-order valence-electron chi connectivity index (χ2n) is 6.10. The summed E-state index contributed by atoms with van der Waals surface area (Å²) in [6.07, 6.45) is 1.82. The van der Waals surface area contributed by atoms with Crippen LogP contribution >= 0.6 is 51.5 Å². The van der Waals surface area contributed by atoms with Crippen LogP contribution in [0.3, 0.4) is 0 Å². The summed E-state index contributed by atoms with van der Waals surface area (Å²) in [4.78, 5) is 14.7. The van der Waals surface area contributed by atoms with Gasteiger partial charge in [0.25, 0.3) is 5.91 Å². The number of thioether (sulfide) groups is 1. The molecule has 152 valence electrons. The molecule has 1 aliphatic rings. The van der Waals surface area contributed by atoms with E-state index >= 15 is 0 Å². The zero-order chi connectivity index (χ0) is 21.0. The van der Waals surface area contributed by atoms with Crippen molar-refractivity contribution in [2.45, 2.75) is 20.5 Å². The summed E-state index contributed by atoms with van der Waals surface area (Å²) in [5, 5.41) is 0.683. The van der Waals surface area contributed by atoms with Crippen LogP contribution in [0.4, 0.5) is 0 Å². The minimum absolute atomic E-state index is 0.0698. The van der Waals surface area contributed by atoms with Gasteiger partial charge in [0.1, 0.15) is 10.9 Å². The van der Waals surface area contributed by atoms with E-state index in [1.807, 2.05) is 56.3 Å². The molecular weight excluding hydrogens is 494 g/mol. The SMILES string of the molecule is CCOc1cc(/C=C2\SC(=S)N(CC)C2=O)cc(Br)c1OCc1ccc(Cl)cc1. The summed E-state index contributed by atoms with van der Waals surface area (Å²) in [7, 11) is 0. The van der Waals surface area contributed by atoms with Crippen LogP contribution < -0.4 is 9.47 Å². The lowest BCUT2D eigenvalue weighted by Gasteiger charge is -2.15. The molecule has 0 spiro atoms. The summed E-state index contributed by atoms with van der Waals surface area (Å²) in [6, 6.07) is 11.3. The number of hydrogen-bond acceptors (Lipinski definition) is 5. The number of thiocarbonyl (C=S) groups is 1. The Morgan fingerprint density at radius 1 is 1.21 bits per heavy atom. The molecule has 0 atom stereocenters. The molecule has 0 saturated carbocycles. The molecule has 0 aromatic heterocycles. The molecule has 1 saturated heterocycles. The molecule has 1 amide bonds. The lowest BCUT2D eigenvalue weighted by Crippen LogP contribution is -2.27. The van der Waals surface area contributed by atoms with Gasteiger partial charge in [-0.2, -0.15) is 0 Å². The zero-order valence-electron chi connectivity index (χ0n) is 15.9. The summed E-state index contributed by atoms with van der Waals surface area (Å²) >= 11 is 16.1. The van der Waals surface area contributed by atoms with Gasteiger partial charge in [-0.05, 0) is 71.2 Å². The number of carbonyl (C=O) groups is 1. The monoisotopic (exact) mass is 511 g/mol. The number of hydrogen-bond donors (Lipinski definition) is 0. The van der Waals surface area contributed by atoms with Crippen molar-refractivity contribution in [3.8, 4) is 11.5 Å². The highest BCUT2D eigenvalue weighted by atomic mass is 79.9.